The van der Waals surface area contributed by atoms with Gasteiger partial charge in [0.1, 0.15) is 0 Å². The fourth-order valence-corrected chi connectivity index (χ4v) is 3.48. The van der Waals surface area contributed by atoms with Crippen LogP contribution in [-0.2, 0) is 19.5 Å². The van der Waals surface area contributed by atoms with Crippen molar-refractivity contribution >= 4 is 11.6 Å². The fourth-order valence-electron chi connectivity index (χ4n) is 3.48. The second kappa shape index (κ2) is 8.01. The van der Waals surface area contributed by atoms with Crippen LogP contribution in [0.15, 0.2) is 29.1 Å². The molecule has 140 valence electrons. The number of aromatic nitrogens is 2. The second-order valence-corrected chi connectivity index (χ2v) is 6.76. The highest BCUT2D eigenvalue weighted by atomic mass is 16.3. The number of aliphatic hydroxyl groups is 1. The van der Waals surface area contributed by atoms with E-state index in [1.54, 1.807) is 4.57 Å². The monoisotopic (exact) mass is 356 g/mol. The van der Waals surface area contributed by atoms with Crippen LogP contribution in [0.3, 0.4) is 0 Å². The van der Waals surface area contributed by atoms with Gasteiger partial charge in [-0.25, -0.2) is 4.98 Å². The van der Waals surface area contributed by atoms with Gasteiger partial charge in [-0.2, -0.15) is 0 Å². The molecule has 0 radical (unpaired) electrons. The standard InChI is InChI=1S/C20H28N4O2/c1-4-16-7-9-17(10-8-16)23-13-22(11-6-12-25)14-24-19(26)18(5-2)15(3)21-20(23)24/h7-10,25H,4-6,11-14H2,1-3H3. The Hall–Kier alpha value is -2.18. The molecule has 3 rings (SSSR count). The first-order valence-electron chi connectivity index (χ1n) is 9.39. The summed E-state index contributed by atoms with van der Waals surface area (Å²) >= 11 is 0. The van der Waals surface area contributed by atoms with E-state index >= 15 is 0 Å². The van der Waals surface area contributed by atoms with E-state index in [-0.39, 0.29) is 12.2 Å². The maximum atomic E-state index is 13.0. The number of hydrogen-bond donors (Lipinski definition) is 1. The third-order valence-corrected chi connectivity index (χ3v) is 5.02. The van der Waals surface area contributed by atoms with Crippen molar-refractivity contribution in [3.8, 4) is 0 Å². The maximum Gasteiger partial charge on any atom is 0.259 e. The first-order valence-corrected chi connectivity index (χ1v) is 9.39. The van der Waals surface area contributed by atoms with Gasteiger partial charge >= 0.3 is 0 Å². The zero-order chi connectivity index (χ0) is 18.7. The Kier molecular flexibility index (Phi) is 5.74. The molecule has 0 spiro atoms. The molecule has 0 saturated heterocycles. The Labute approximate surface area is 154 Å². The molecule has 0 unspecified atom stereocenters. The van der Waals surface area contributed by atoms with Crippen molar-refractivity contribution in [3.05, 3.63) is 51.4 Å². The second-order valence-electron chi connectivity index (χ2n) is 6.76. The molecular weight excluding hydrogens is 328 g/mol. The van der Waals surface area contributed by atoms with Crippen molar-refractivity contribution in [3.63, 3.8) is 0 Å². The lowest BCUT2D eigenvalue weighted by Gasteiger charge is -2.38. The predicted octanol–water partition coefficient (Wildman–Crippen LogP) is 2.43. The van der Waals surface area contributed by atoms with E-state index < -0.39 is 0 Å². The predicted molar refractivity (Wildman–Crippen MR) is 104 cm³/mol. The molecule has 1 aromatic heterocycles. The van der Waals surface area contributed by atoms with E-state index in [9.17, 15) is 9.90 Å². The van der Waals surface area contributed by atoms with E-state index in [1.165, 1.54) is 5.56 Å². The number of aryl methyl sites for hydroxylation is 2. The highest BCUT2D eigenvalue weighted by Gasteiger charge is 2.27. The van der Waals surface area contributed by atoms with Gasteiger partial charge < -0.3 is 5.11 Å². The Morgan fingerprint density at radius 3 is 2.46 bits per heavy atom. The molecular formula is C20H28N4O2. The van der Waals surface area contributed by atoms with Crippen LogP contribution in [-0.4, -0.2) is 39.4 Å². The van der Waals surface area contributed by atoms with Crippen LogP contribution in [0.2, 0.25) is 0 Å². The van der Waals surface area contributed by atoms with Crippen LogP contribution >= 0.6 is 0 Å². The number of hydrogen-bond acceptors (Lipinski definition) is 5. The molecule has 6 nitrogen and oxygen atoms in total. The Balaban J connectivity index is 2.07. The van der Waals surface area contributed by atoms with E-state index in [1.807, 2.05) is 13.8 Å². The lowest BCUT2D eigenvalue weighted by atomic mass is 10.1. The van der Waals surface area contributed by atoms with Crippen molar-refractivity contribution in [2.24, 2.45) is 0 Å². The van der Waals surface area contributed by atoms with Gasteiger partial charge in [0.25, 0.3) is 5.56 Å². The van der Waals surface area contributed by atoms with Crippen molar-refractivity contribution < 1.29 is 5.11 Å². The Morgan fingerprint density at radius 2 is 1.85 bits per heavy atom. The third kappa shape index (κ3) is 3.52. The smallest absolute Gasteiger partial charge is 0.259 e. The topological polar surface area (TPSA) is 61.6 Å². The van der Waals surface area contributed by atoms with E-state index in [4.69, 9.17) is 4.98 Å². The minimum absolute atomic E-state index is 0.0406. The summed E-state index contributed by atoms with van der Waals surface area (Å²) in [5, 5.41) is 9.18. The van der Waals surface area contributed by atoms with Crippen molar-refractivity contribution in [1.82, 2.24) is 14.5 Å². The summed E-state index contributed by atoms with van der Waals surface area (Å²) in [7, 11) is 0. The van der Waals surface area contributed by atoms with Gasteiger partial charge in [-0.05, 0) is 43.9 Å². The Morgan fingerprint density at radius 1 is 1.12 bits per heavy atom. The summed E-state index contributed by atoms with van der Waals surface area (Å²) in [4.78, 5) is 22.0. The molecule has 1 aliphatic heterocycles. The zero-order valence-corrected chi connectivity index (χ0v) is 15.9. The number of anilines is 2. The molecule has 2 aromatic rings. The van der Waals surface area contributed by atoms with Crippen molar-refractivity contribution in [2.75, 3.05) is 24.7 Å². The first-order chi connectivity index (χ1) is 12.6. The van der Waals surface area contributed by atoms with E-state index in [0.717, 1.165) is 29.9 Å². The molecule has 26 heavy (non-hydrogen) atoms. The molecule has 1 aliphatic rings. The van der Waals surface area contributed by atoms with E-state index in [2.05, 4.69) is 41.0 Å². The largest absolute Gasteiger partial charge is 0.396 e. The summed E-state index contributed by atoms with van der Waals surface area (Å²) < 4.78 is 1.76. The molecule has 6 heteroatoms. The molecule has 1 N–H and O–H groups in total. The molecule has 0 bridgehead atoms. The van der Waals surface area contributed by atoms with Gasteiger partial charge in [0.05, 0.1) is 13.3 Å². The van der Waals surface area contributed by atoms with Crippen LogP contribution in [0.4, 0.5) is 11.6 Å². The third-order valence-electron chi connectivity index (χ3n) is 5.02. The Bertz CT molecular complexity index is 814. The highest BCUT2D eigenvalue weighted by molar-refractivity contribution is 5.59. The normalized spacial score (nSPS) is 14.5. The SMILES string of the molecule is CCc1ccc(N2CN(CCCO)Cn3c2nc(C)c(CC)c3=O)cc1. The molecule has 1 aromatic carbocycles. The first kappa shape index (κ1) is 18.6. The lowest BCUT2D eigenvalue weighted by molar-refractivity contribution is 0.175. The van der Waals surface area contributed by atoms with Gasteiger partial charge in [-0.15, -0.1) is 0 Å². The van der Waals surface area contributed by atoms with E-state index in [0.29, 0.717) is 32.1 Å². The van der Waals surface area contributed by atoms with Crippen LogP contribution in [0.25, 0.3) is 0 Å². The molecule has 0 atom stereocenters. The average molecular weight is 356 g/mol. The highest BCUT2D eigenvalue weighted by Crippen LogP contribution is 2.28. The van der Waals surface area contributed by atoms with Crippen molar-refractivity contribution in [2.45, 2.75) is 46.7 Å². The van der Waals surface area contributed by atoms with Gasteiger partial charge in [0.15, 0.2) is 0 Å². The van der Waals surface area contributed by atoms with Gasteiger partial charge in [-0.1, -0.05) is 26.0 Å². The van der Waals surface area contributed by atoms with Crippen LogP contribution in [0, 0.1) is 6.92 Å². The summed E-state index contributed by atoms with van der Waals surface area (Å²) in [6.45, 7) is 8.10. The molecule has 0 aliphatic carbocycles. The summed E-state index contributed by atoms with van der Waals surface area (Å²) in [5.74, 6) is 0.703. The summed E-state index contributed by atoms with van der Waals surface area (Å²) in [5.41, 5.74) is 3.94. The van der Waals surface area contributed by atoms with Gasteiger partial charge in [0.2, 0.25) is 5.95 Å². The quantitative estimate of drug-likeness (QED) is 0.861. The number of rotatable bonds is 6. The summed E-state index contributed by atoms with van der Waals surface area (Å²) in [6, 6.07) is 8.43. The van der Waals surface area contributed by atoms with Gasteiger partial charge in [0, 0.05) is 30.1 Å². The average Bonchev–Trinajstić information content (AvgIpc) is 2.66. The van der Waals surface area contributed by atoms with Crippen LogP contribution in [0.1, 0.15) is 37.1 Å². The van der Waals surface area contributed by atoms with Crippen LogP contribution < -0.4 is 10.5 Å². The summed E-state index contributed by atoms with van der Waals surface area (Å²) in [6.07, 6.45) is 2.36. The molecule has 0 amide bonds. The lowest BCUT2D eigenvalue weighted by Crippen LogP contribution is -2.48. The van der Waals surface area contributed by atoms with Crippen LogP contribution in [0.5, 0.6) is 0 Å². The number of benzene rings is 1. The molecule has 0 saturated carbocycles. The number of aliphatic hydroxyl groups excluding tert-OH is 1. The number of fused-ring (bicyclic) bond motifs is 1. The minimum atomic E-state index is 0.0406. The fraction of sp³-hybridized carbons (Fsp3) is 0.500. The minimum Gasteiger partial charge on any atom is -0.396 e. The molecule has 0 fully saturated rings. The van der Waals surface area contributed by atoms with Gasteiger partial charge in [-0.3, -0.25) is 19.2 Å². The number of nitrogens with zero attached hydrogens (tertiary/aromatic N) is 4. The maximum absolute atomic E-state index is 13.0. The van der Waals surface area contributed by atoms with Crippen molar-refractivity contribution in [1.29, 1.82) is 0 Å². The zero-order valence-electron chi connectivity index (χ0n) is 15.9. The molecule has 2 heterocycles.